The number of phenols is 1. The smallest absolute Gasteiger partial charge is 0.119 e. The first kappa shape index (κ1) is 27.2. The molecule has 0 saturated carbocycles. The van der Waals surface area contributed by atoms with Crippen LogP contribution in [-0.4, -0.2) is 25.3 Å². The Bertz CT molecular complexity index is 996. The summed E-state index contributed by atoms with van der Waals surface area (Å²) in [5.41, 5.74) is 7.53. The molecule has 5 rings (SSSR count). The summed E-state index contributed by atoms with van der Waals surface area (Å²) in [7, 11) is 1.71. The third-order valence-corrected chi connectivity index (χ3v) is 5.76. The topological polar surface area (TPSA) is 41.5 Å². The van der Waals surface area contributed by atoms with Crippen molar-refractivity contribution in [3.05, 3.63) is 95.1 Å². The van der Waals surface area contributed by atoms with Gasteiger partial charge >= 0.3 is 0 Å². The van der Waals surface area contributed by atoms with E-state index in [0.29, 0.717) is 0 Å². The highest BCUT2D eigenvalue weighted by Gasteiger charge is 2.21. The zero-order valence-electron chi connectivity index (χ0n) is 21.5. The predicted molar refractivity (Wildman–Crippen MR) is 147 cm³/mol. The van der Waals surface area contributed by atoms with Gasteiger partial charge in [0.2, 0.25) is 0 Å². The van der Waals surface area contributed by atoms with Crippen LogP contribution in [0, 0.1) is 0 Å². The molecule has 3 aromatic rings. The van der Waals surface area contributed by atoms with Crippen LogP contribution in [-0.2, 0) is 6.42 Å². The van der Waals surface area contributed by atoms with Crippen molar-refractivity contribution < 1.29 is 9.84 Å². The van der Waals surface area contributed by atoms with E-state index in [4.69, 9.17) is 4.74 Å². The van der Waals surface area contributed by atoms with Gasteiger partial charge in [-0.25, -0.2) is 0 Å². The Morgan fingerprint density at radius 1 is 0.735 bits per heavy atom. The third-order valence-electron chi connectivity index (χ3n) is 5.76. The van der Waals surface area contributed by atoms with Crippen LogP contribution in [0.1, 0.15) is 69.2 Å². The van der Waals surface area contributed by atoms with Gasteiger partial charge in [0.15, 0.2) is 0 Å². The van der Waals surface area contributed by atoms with Gasteiger partial charge in [0.1, 0.15) is 11.5 Å². The number of hydrogen-bond donors (Lipinski definition) is 2. The fraction of sp³-hybridized carbons (Fsp3) is 0.355. The number of phenolic OH excluding ortho intramolecular Hbond substituents is 1. The van der Waals surface area contributed by atoms with Crippen LogP contribution >= 0.6 is 0 Å². The molecular weight excluding hydrogens is 418 g/mol. The van der Waals surface area contributed by atoms with E-state index < -0.39 is 0 Å². The molecule has 3 heteroatoms. The lowest BCUT2D eigenvalue weighted by Crippen LogP contribution is -2.06. The Morgan fingerprint density at radius 2 is 1.38 bits per heavy atom. The molecule has 1 aliphatic heterocycles. The first-order chi connectivity index (χ1) is 16.8. The molecule has 1 heterocycles. The van der Waals surface area contributed by atoms with E-state index >= 15 is 0 Å². The molecule has 0 bridgehead atoms. The second-order valence-electron chi connectivity index (χ2n) is 7.75. The first-order valence-corrected chi connectivity index (χ1v) is 12.7. The summed E-state index contributed by atoms with van der Waals surface area (Å²) in [6.07, 6.45) is 4.76. The summed E-state index contributed by atoms with van der Waals surface area (Å²) in [5.74, 6) is 1.18. The molecule has 0 radical (unpaired) electrons. The molecule has 34 heavy (non-hydrogen) atoms. The highest BCUT2D eigenvalue weighted by Crippen LogP contribution is 2.41. The van der Waals surface area contributed by atoms with Gasteiger partial charge in [0, 0.05) is 0 Å². The van der Waals surface area contributed by atoms with E-state index in [1.165, 1.54) is 53.8 Å². The fourth-order valence-corrected chi connectivity index (χ4v) is 4.21. The number of aromatic hydroxyl groups is 1. The zero-order valence-corrected chi connectivity index (χ0v) is 21.5. The van der Waals surface area contributed by atoms with Crippen LogP contribution in [0.3, 0.4) is 0 Å². The second kappa shape index (κ2) is 15.0. The largest absolute Gasteiger partial charge is 0.508 e. The minimum Gasteiger partial charge on any atom is -0.508 e. The molecule has 2 aliphatic rings. The minimum atomic E-state index is 0.288. The van der Waals surface area contributed by atoms with Crippen molar-refractivity contribution in [3.63, 3.8) is 0 Å². The number of benzene rings is 3. The summed E-state index contributed by atoms with van der Waals surface area (Å²) in [4.78, 5) is 0. The van der Waals surface area contributed by atoms with Crippen molar-refractivity contribution >= 4 is 11.1 Å². The lowest BCUT2D eigenvalue weighted by molar-refractivity contribution is 0.414. The van der Waals surface area contributed by atoms with Gasteiger partial charge in [-0.2, -0.15) is 0 Å². The Hall–Kier alpha value is -3.04. The van der Waals surface area contributed by atoms with Crippen molar-refractivity contribution in [3.8, 4) is 11.5 Å². The van der Waals surface area contributed by atoms with E-state index in [-0.39, 0.29) is 5.75 Å². The number of allylic oxidation sites excluding steroid dienone is 1. The zero-order chi connectivity index (χ0) is 24.8. The van der Waals surface area contributed by atoms with Crippen molar-refractivity contribution in [1.29, 1.82) is 0 Å². The number of methoxy groups -OCH3 is 1. The molecule has 0 unspecified atom stereocenters. The Morgan fingerprint density at radius 3 is 1.94 bits per heavy atom. The molecule has 182 valence electrons. The number of rotatable bonds is 3. The summed E-state index contributed by atoms with van der Waals surface area (Å²) in [6.45, 7) is 10.5. The summed E-state index contributed by atoms with van der Waals surface area (Å²) in [5, 5.41) is 12.9. The fourth-order valence-electron chi connectivity index (χ4n) is 4.21. The van der Waals surface area contributed by atoms with Gasteiger partial charge in [-0.3, -0.25) is 0 Å². The van der Waals surface area contributed by atoms with Crippen LogP contribution in [0.25, 0.3) is 11.1 Å². The van der Waals surface area contributed by atoms with Gasteiger partial charge in [-0.15, -0.1) is 0 Å². The molecule has 2 N–H and O–H groups in total. The Balaban J connectivity index is 0.000000390. The van der Waals surface area contributed by atoms with E-state index in [0.717, 1.165) is 24.2 Å². The average Bonchev–Trinajstić information content (AvgIpc) is 3.52. The molecule has 0 atom stereocenters. The molecule has 0 aromatic heterocycles. The Labute approximate surface area is 206 Å². The summed E-state index contributed by atoms with van der Waals surface area (Å²) >= 11 is 0. The van der Waals surface area contributed by atoms with Gasteiger partial charge in [0.25, 0.3) is 0 Å². The monoisotopic (exact) mass is 459 g/mol. The van der Waals surface area contributed by atoms with E-state index in [1.807, 2.05) is 52.0 Å². The lowest BCUT2D eigenvalue weighted by atomic mass is 9.79. The molecule has 3 nitrogen and oxygen atoms in total. The number of hydrogen-bond acceptors (Lipinski definition) is 3. The van der Waals surface area contributed by atoms with Gasteiger partial charge in [0.05, 0.1) is 7.11 Å². The van der Waals surface area contributed by atoms with Crippen molar-refractivity contribution in [1.82, 2.24) is 5.32 Å². The van der Waals surface area contributed by atoms with E-state index in [1.54, 1.807) is 19.2 Å². The maximum atomic E-state index is 9.67. The number of fused-ring (bicyclic) bond motifs is 1. The van der Waals surface area contributed by atoms with Crippen LogP contribution < -0.4 is 10.1 Å². The van der Waals surface area contributed by atoms with Gasteiger partial charge in [-0.1, -0.05) is 76.2 Å². The lowest BCUT2D eigenvalue weighted by Gasteiger charge is -2.25. The number of aryl methyl sites for hydroxylation is 1. The average molecular weight is 460 g/mol. The highest BCUT2D eigenvalue weighted by molar-refractivity contribution is 6.00. The van der Waals surface area contributed by atoms with Crippen molar-refractivity contribution in [2.45, 2.75) is 53.4 Å². The van der Waals surface area contributed by atoms with Crippen molar-refractivity contribution in [2.24, 2.45) is 0 Å². The maximum Gasteiger partial charge on any atom is 0.119 e. The third kappa shape index (κ3) is 7.23. The molecule has 0 spiro atoms. The van der Waals surface area contributed by atoms with E-state index in [9.17, 15) is 5.11 Å². The maximum absolute atomic E-state index is 9.67. The molecule has 0 amide bonds. The van der Waals surface area contributed by atoms with Gasteiger partial charge < -0.3 is 15.2 Å². The predicted octanol–water partition coefficient (Wildman–Crippen LogP) is 7.73. The highest BCUT2D eigenvalue weighted by atomic mass is 16.5. The first-order valence-electron chi connectivity index (χ1n) is 12.7. The van der Waals surface area contributed by atoms with Crippen LogP contribution in [0.5, 0.6) is 11.5 Å². The molecule has 1 fully saturated rings. The second-order valence-corrected chi connectivity index (χ2v) is 7.75. The molecule has 1 saturated heterocycles. The number of ether oxygens (including phenoxy) is 1. The van der Waals surface area contributed by atoms with Crippen LogP contribution in [0.4, 0.5) is 0 Å². The van der Waals surface area contributed by atoms with Crippen LogP contribution in [0.15, 0.2) is 72.8 Å². The van der Waals surface area contributed by atoms with Crippen LogP contribution in [0.2, 0.25) is 0 Å². The standard InChI is InChI=1S/C23H20O2.C4H9N.2C2H6/c1-25-20-12-14-22-18(15-20)9-13-21(16-5-3-2-4-6-16)23(22)17-7-10-19(24)11-8-17;1-2-4-5-3-1;2*1-2/h2-8,10-12,14-15,24H,9,13H2,1H3;5H,1-4H2;2*1-2H3. The van der Waals surface area contributed by atoms with Crippen molar-refractivity contribution in [2.75, 3.05) is 20.2 Å². The summed E-state index contributed by atoms with van der Waals surface area (Å²) in [6, 6.07) is 24.4. The quantitative estimate of drug-likeness (QED) is 0.421. The van der Waals surface area contributed by atoms with Gasteiger partial charge in [-0.05, 0) is 96.4 Å². The molecular formula is C31H41NO2. The SMILES string of the molecule is C1CCNC1.CC.CC.COc1ccc2c(c1)CCC(c1ccccc1)=C2c1ccc(O)cc1. The van der Waals surface area contributed by atoms with E-state index in [2.05, 4.69) is 41.7 Å². The number of nitrogens with one attached hydrogen (secondary N) is 1. The molecule has 1 aliphatic carbocycles. The summed E-state index contributed by atoms with van der Waals surface area (Å²) < 4.78 is 5.40. The Kier molecular flexibility index (Phi) is 12.0. The minimum absolute atomic E-state index is 0.288. The normalized spacial score (nSPS) is 13.8. The molecule has 3 aromatic carbocycles.